The van der Waals surface area contributed by atoms with E-state index >= 15 is 0 Å². The van der Waals surface area contributed by atoms with Crippen molar-refractivity contribution in [3.63, 3.8) is 0 Å². The molecular weight excluding hydrogens is 743 g/mol. The molecule has 0 aliphatic heterocycles. The second-order valence-corrected chi connectivity index (χ2v) is 15.7. The van der Waals surface area contributed by atoms with Crippen molar-refractivity contribution in [2.45, 2.75) is 0 Å². The Bertz CT molecular complexity index is 3570. The molecule has 0 fully saturated rings. The third-order valence-electron chi connectivity index (χ3n) is 11.1. The van der Waals surface area contributed by atoms with Gasteiger partial charge in [-0.1, -0.05) is 127 Å². The highest BCUT2D eigenvalue weighted by Crippen LogP contribution is 2.42. The number of benzene rings is 8. The van der Waals surface area contributed by atoms with E-state index in [-0.39, 0.29) is 0 Å². The molecule has 8 aromatic carbocycles. The third-order valence-corrected chi connectivity index (χ3v) is 12.3. The molecule has 4 heterocycles. The molecule has 12 rings (SSSR count). The average molecular weight is 774 g/mol. The summed E-state index contributed by atoms with van der Waals surface area (Å²) in [6, 6.07) is 64.9. The van der Waals surface area contributed by atoms with Crippen LogP contribution in [0.3, 0.4) is 0 Å². The molecule has 4 aromatic heterocycles. The lowest BCUT2D eigenvalue weighted by molar-refractivity contribution is 0.669. The number of imidazole rings is 1. The lowest BCUT2D eigenvalue weighted by atomic mass is 10.0. The third kappa shape index (κ3) is 5.55. The zero-order valence-electron chi connectivity index (χ0n) is 31.5. The van der Waals surface area contributed by atoms with Crippen LogP contribution < -0.4 is 0 Å². The van der Waals surface area contributed by atoms with E-state index < -0.39 is 0 Å². The molecular formula is C52H31N5OS. The fourth-order valence-electron chi connectivity index (χ4n) is 8.35. The molecule has 276 valence electrons. The minimum atomic E-state index is 0.570. The van der Waals surface area contributed by atoms with Crippen LogP contribution in [0.15, 0.2) is 192 Å². The van der Waals surface area contributed by atoms with Crippen molar-refractivity contribution in [3.05, 3.63) is 188 Å². The maximum atomic E-state index is 6.53. The number of rotatable bonds is 6. The van der Waals surface area contributed by atoms with Gasteiger partial charge in [-0.3, -0.25) is 4.57 Å². The van der Waals surface area contributed by atoms with E-state index in [4.69, 9.17) is 24.4 Å². The quantitative estimate of drug-likeness (QED) is 0.168. The summed E-state index contributed by atoms with van der Waals surface area (Å²) in [4.78, 5) is 20.7. The predicted molar refractivity (Wildman–Crippen MR) is 242 cm³/mol. The van der Waals surface area contributed by atoms with E-state index in [1.165, 1.54) is 25.7 Å². The summed E-state index contributed by atoms with van der Waals surface area (Å²) in [6.07, 6.45) is 0. The minimum absolute atomic E-state index is 0.570. The van der Waals surface area contributed by atoms with Gasteiger partial charge in [-0.2, -0.15) is 0 Å². The standard InChI is InChI=1S/C52H31N5OS/c1-3-14-32(15-4-1)49-54-50(34-17-11-16-33(30-34)37-21-12-22-39-38-20-7-10-27-46(38)59-48(37)39)56-51(55-49)40-23-13-26-45-47(40)41-31-35(28-29-44(41)58-45)52-53-42-24-8-9-25-43(42)57(52)36-18-5-2-6-19-36/h1-31H. The second kappa shape index (κ2) is 13.4. The van der Waals surface area contributed by atoms with Crippen molar-refractivity contribution in [2.75, 3.05) is 0 Å². The van der Waals surface area contributed by atoms with E-state index in [2.05, 4.69) is 132 Å². The molecule has 0 saturated heterocycles. The number of aromatic nitrogens is 5. The SMILES string of the molecule is c1ccc(-c2nc(-c3cccc(-c4cccc5c4sc4ccccc45)c3)nc(-c3cccc4oc5ccc(-c6nc7ccccc7n6-c6ccccc6)cc5c34)n2)cc1. The molecule has 59 heavy (non-hydrogen) atoms. The van der Waals surface area contributed by atoms with E-state index in [1.54, 1.807) is 0 Å². The topological polar surface area (TPSA) is 69.6 Å². The number of furan rings is 1. The Hall–Kier alpha value is -7.74. The second-order valence-electron chi connectivity index (χ2n) is 14.6. The van der Waals surface area contributed by atoms with Crippen LogP contribution in [0.25, 0.3) is 116 Å². The summed E-state index contributed by atoms with van der Waals surface area (Å²) in [7, 11) is 0. The molecule has 0 amide bonds. The zero-order chi connectivity index (χ0) is 38.9. The van der Waals surface area contributed by atoms with Gasteiger partial charge in [-0.25, -0.2) is 19.9 Å². The van der Waals surface area contributed by atoms with Gasteiger partial charge < -0.3 is 4.42 Å². The van der Waals surface area contributed by atoms with Gasteiger partial charge in [-0.15, -0.1) is 11.3 Å². The molecule has 0 radical (unpaired) electrons. The van der Waals surface area contributed by atoms with Crippen molar-refractivity contribution in [1.29, 1.82) is 0 Å². The number of hydrogen-bond donors (Lipinski definition) is 0. The van der Waals surface area contributed by atoms with E-state index in [0.29, 0.717) is 17.5 Å². The maximum Gasteiger partial charge on any atom is 0.164 e. The zero-order valence-corrected chi connectivity index (χ0v) is 32.3. The Labute approximate surface area is 342 Å². The van der Waals surface area contributed by atoms with Gasteiger partial charge in [0.25, 0.3) is 0 Å². The molecule has 6 nitrogen and oxygen atoms in total. The van der Waals surface area contributed by atoms with Crippen LogP contribution in [0.1, 0.15) is 0 Å². The lowest BCUT2D eigenvalue weighted by Gasteiger charge is -2.11. The van der Waals surface area contributed by atoms with Gasteiger partial charge >= 0.3 is 0 Å². The highest BCUT2D eigenvalue weighted by molar-refractivity contribution is 7.26. The van der Waals surface area contributed by atoms with Gasteiger partial charge in [0.1, 0.15) is 17.0 Å². The predicted octanol–water partition coefficient (Wildman–Crippen LogP) is 13.8. The Balaban J connectivity index is 1.04. The van der Waals surface area contributed by atoms with E-state index in [1.807, 2.05) is 72.0 Å². The molecule has 0 bridgehead atoms. The van der Waals surface area contributed by atoms with Crippen LogP contribution in [-0.4, -0.2) is 24.5 Å². The summed E-state index contributed by atoms with van der Waals surface area (Å²) in [6.45, 7) is 0. The van der Waals surface area contributed by atoms with Crippen LogP contribution in [0, 0.1) is 0 Å². The van der Waals surface area contributed by atoms with Crippen LogP contribution in [0.2, 0.25) is 0 Å². The smallest absolute Gasteiger partial charge is 0.164 e. The highest BCUT2D eigenvalue weighted by Gasteiger charge is 2.21. The number of nitrogens with zero attached hydrogens (tertiary/aromatic N) is 5. The van der Waals surface area contributed by atoms with Crippen LogP contribution in [0.5, 0.6) is 0 Å². The summed E-state index contributed by atoms with van der Waals surface area (Å²) in [5.41, 5.74) is 10.5. The number of hydrogen-bond acceptors (Lipinski definition) is 6. The normalized spacial score (nSPS) is 11.7. The molecule has 0 atom stereocenters. The molecule has 0 aliphatic carbocycles. The van der Waals surface area contributed by atoms with Gasteiger partial charge in [-0.05, 0) is 71.8 Å². The number of thiophene rings is 1. The minimum Gasteiger partial charge on any atom is -0.456 e. The fraction of sp³-hybridized carbons (Fsp3) is 0. The van der Waals surface area contributed by atoms with Crippen LogP contribution in [0.4, 0.5) is 0 Å². The van der Waals surface area contributed by atoms with Crippen molar-refractivity contribution in [1.82, 2.24) is 24.5 Å². The summed E-state index contributed by atoms with van der Waals surface area (Å²) in [5.74, 6) is 2.62. The molecule has 12 aromatic rings. The Morgan fingerprint density at radius 1 is 0.424 bits per heavy atom. The van der Waals surface area contributed by atoms with Crippen molar-refractivity contribution >= 4 is 64.5 Å². The van der Waals surface area contributed by atoms with Crippen LogP contribution in [-0.2, 0) is 0 Å². The Morgan fingerprint density at radius 3 is 2.00 bits per heavy atom. The van der Waals surface area contributed by atoms with Gasteiger partial charge in [0, 0.05) is 58.9 Å². The lowest BCUT2D eigenvalue weighted by Crippen LogP contribution is -2.00. The largest absolute Gasteiger partial charge is 0.456 e. The van der Waals surface area contributed by atoms with Gasteiger partial charge in [0.2, 0.25) is 0 Å². The molecule has 0 spiro atoms. The molecule has 0 unspecified atom stereocenters. The van der Waals surface area contributed by atoms with Gasteiger partial charge in [0.15, 0.2) is 17.5 Å². The van der Waals surface area contributed by atoms with E-state index in [0.717, 1.165) is 72.3 Å². The first-order chi connectivity index (χ1) is 29.2. The maximum absolute atomic E-state index is 6.53. The van der Waals surface area contributed by atoms with E-state index in [9.17, 15) is 0 Å². The summed E-state index contributed by atoms with van der Waals surface area (Å²) in [5, 5.41) is 4.45. The molecule has 0 saturated carbocycles. The summed E-state index contributed by atoms with van der Waals surface area (Å²) < 4.78 is 11.3. The number of fused-ring (bicyclic) bond motifs is 7. The molecule has 7 heteroatoms. The molecule has 0 N–H and O–H groups in total. The Morgan fingerprint density at radius 2 is 1.10 bits per heavy atom. The summed E-state index contributed by atoms with van der Waals surface area (Å²) >= 11 is 1.83. The van der Waals surface area contributed by atoms with Gasteiger partial charge in [0.05, 0.1) is 11.0 Å². The number of para-hydroxylation sites is 3. The monoisotopic (exact) mass is 773 g/mol. The first-order valence-corrected chi connectivity index (χ1v) is 20.4. The van der Waals surface area contributed by atoms with Crippen molar-refractivity contribution < 1.29 is 4.42 Å². The van der Waals surface area contributed by atoms with Crippen molar-refractivity contribution in [2.24, 2.45) is 0 Å². The molecule has 0 aliphatic rings. The van der Waals surface area contributed by atoms with Crippen LogP contribution >= 0.6 is 11.3 Å². The highest BCUT2D eigenvalue weighted by atomic mass is 32.1. The first-order valence-electron chi connectivity index (χ1n) is 19.5. The van der Waals surface area contributed by atoms with Crippen molar-refractivity contribution in [3.8, 4) is 62.4 Å². The Kier molecular flexibility index (Phi) is 7.61. The first kappa shape index (κ1) is 33.4. The average Bonchev–Trinajstić information content (AvgIpc) is 4.01. The fourth-order valence-corrected chi connectivity index (χ4v) is 9.59.